The van der Waals surface area contributed by atoms with Crippen molar-refractivity contribution in [2.75, 3.05) is 19.6 Å². The van der Waals surface area contributed by atoms with Gasteiger partial charge < -0.3 is 20.8 Å². The normalized spacial score (nSPS) is 22.4. The molecule has 1 aromatic heterocycles. The minimum atomic E-state index is -0.557. The highest BCUT2D eigenvalue weighted by Crippen LogP contribution is 2.26. The van der Waals surface area contributed by atoms with Crippen LogP contribution in [-0.2, 0) is 6.54 Å². The standard InChI is InChI=1S/C18H29N5O2/c1-2-20-18(21-11-15-7-8-16(25-15)17(19)24)22-13-9-10-23(12-13)14-5-3-4-6-14/h7-8,13-14H,2-6,9-12H2,1H3,(H2,19,24)(H2,20,21,22). The summed E-state index contributed by atoms with van der Waals surface area (Å²) in [6.45, 7) is 5.48. The van der Waals surface area contributed by atoms with Crippen molar-refractivity contribution in [2.24, 2.45) is 10.7 Å². The van der Waals surface area contributed by atoms with Crippen LogP contribution in [0.2, 0.25) is 0 Å². The van der Waals surface area contributed by atoms with Gasteiger partial charge in [0, 0.05) is 31.7 Å². The summed E-state index contributed by atoms with van der Waals surface area (Å²) in [5, 5.41) is 6.81. The second-order valence-electron chi connectivity index (χ2n) is 6.89. The summed E-state index contributed by atoms with van der Waals surface area (Å²) in [5.41, 5.74) is 5.21. The number of hydrogen-bond donors (Lipinski definition) is 3. The first-order valence-electron chi connectivity index (χ1n) is 9.33. The molecule has 7 nitrogen and oxygen atoms in total. The summed E-state index contributed by atoms with van der Waals surface area (Å²) in [6, 6.07) is 4.53. The molecule has 4 N–H and O–H groups in total. The van der Waals surface area contributed by atoms with Crippen LogP contribution in [0.15, 0.2) is 21.5 Å². The number of nitrogens with zero attached hydrogens (tertiary/aromatic N) is 2. The molecule has 138 valence electrons. The van der Waals surface area contributed by atoms with Gasteiger partial charge in [-0.05, 0) is 38.3 Å². The number of aliphatic imine (C=N–C) groups is 1. The second-order valence-corrected chi connectivity index (χ2v) is 6.89. The predicted molar refractivity (Wildman–Crippen MR) is 97.4 cm³/mol. The van der Waals surface area contributed by atoms with E-state index in [1.807, 2.05) is 0 Å². The zero-order chi connectivity index (χ0) is 17.6. The lowest BCUT2D eigenvalue weighted by Crippen LogP contribution is -2.45. The molecule has 1 saturated carbocycles. The van der Waals surface area contributed by atoms with Gasteiger partial charge in [-0.15, -0.1) is 0 Å². The number of furan rings is 1. The Kier molecular flexibility index (Phi) is 5.96. The van der Waals surface area contributed by atoms with Crippen LogP contribution in [0.25, 0.3) is 0 Å². The highest BCUT2D eigenvalue weighted by Gasteiger charge is 2.30. The Bertz CT molecular complexity index is 606. The van der Waals surface area contributed by atoms with Gasteiger partial charge in [0.1, 0.15) is 12.3 Å². The van der Waals surface area contributed by atoms with E-state index in [2.05, 4.69) is 27.4 Å². The van der Waals surface area contributed by atoms with E-state index in [1.54, 1.807) is 12.1 Å². The number of rotatable bonds is 6. The molecule has 1 saturated heterocycles. The van der Waals surface area contributed by atoms with Gasteiger partial charge >= 0.3 is 0 Å². The molecule has 3 rings (SSSR count). The molecule has 0 bridgehead atoms. The number of carbonyl (C=O) groups excluding carboxylic acids is 1. The molecular formula is C18H29N5O2. The highest BCUT2D eigenvalue weighted by atomic mass is 16.3. The Morgan fingerprint density at radius 2 is 2.16 bits per heavy atom. The minimum absolute atomic E-state index is 0.172. The van der Waals surface area contributed by atoms with Crippen LogP contribution in [-0.4, -0.2) is 48.5 Å². The van der Waals surface area contributed by atoms with Crippen LogP contribution < -0.4 is 16.4 Å². The molecule has 1 aromatic rings. The molecule has 1 atom stereocenters. The maximum Gasteiger partial charge on any atom is 0.284 e. The number of primary amides is 1. The number of amides is 1. The van der Waals surface area contributed by atoms with Crippen molar-refractivity contribution in [3.63, 3.8) is 0 Å². The molecular weight excluding hydrogens is 318 g/mol. The SMILES string of the molecule is CCNC(=NCc1ccc(C(N)=O)o1)NC1CCN(C2CCCC2)C1. The summed E-state index contributed by atoms with van der Waals surface area (Å²) in [5.74, 6) is 1.03. The third-order valence-corrected chi connectivity index (χ3v) is 5.04. The van der Waals surface area contributed by atoms with E-state index in [4.69, 9.17) is 10.2 Å². The zero-order valence-corrected chi connectivity index (χ0v) is 15.0. The van der Waals surface area contributed by atoms with E-state index in [1.165, 1.54) is 32.2 Å². The minimum Gasteiger partial charge on any atom is -0.454 e. The summed E-state index contributed by atoms with van der Waals surface area (Å²) in [7, 11) is 0. The van der Waals surface area contributed by atoms with Crippen molar-refractivity contribution in [1.29, 1.82) is 0 Å². The largest absolute Gasteiger partial charge is 0.454 e. The lowest BCUT2D eigenvalue weighted by molar-refractivity contribution is 0.0972. The van der Waals surface area contributed by atoms with Crippen molar-refractivity contribution in [2.45, 2.75) is 57.7 Å². The first-order valence-corrected chi connectivity index (χ1v) is 9.33. The Balaban J connectivity index is 1.54. The molecule has 2 heterocycles. The van der Waals surface area contributed by atoms with Crippen molar-refractivity contribution in [3.8, 4) is 0 Å². The topological polar surface area (TPSA) is 95.9 Å². The molecule has 0 radical (unpaired) electrons. The van der Waals surface area contributed by atoms with E-state index in [0.29, 0.717) is 18.3 Å². The van der Waals surface area contributed by atoms with Gasteiger partial charge in [-0.3, -0.25) is 9.69 Å². The second kappa shape index (κ2) is 8.38. The molecule has 1 unspecified atom stereocenters. The molecule has 2 aliphatic rings. The number of hydrogen-bond acceptors (Lipinski definition) is 4. The van der Waals surface area contributed by atoms with Crippen LogP contribution >= 0.6 is 0 Å². The van der Waals surface area contributed by atoms with Crippen LogP contribution in [0.1, 0.15) is 55.3 Å². The van der Waals surface area contributed by atoms with Gasteiger partial charge in [-0.25, -0.2) is 4.99 Å². The van der Waals surface area contributed by atoms with Gasteiger partial charge in [0.2, 0.25) is 0 Å². The van der Waals surface area contributed by atoms with Crippen molar-refractivity contribution in [1.82, 2.24) is 15.5 Å². The van der Waals surface area contributed by atoms with E-state index >= 15 is 0 Å². The Hall–Kier alpha value is -2.02. The summed E-state index contributed by atoms with van der Waals surface area (Å²) in [4.78, 5) is 18.3. The fourth-order valence-corrected chi connectivity index (χ4v) is 3.77. The Labute approximate surface area is 149 Å². The predicted octanol–water partition coefficient (Wildman–Crippen LogP) is 1.45. The Morgan fingerprint density at radius 1 is 1.36 bits per heavy atom. The molecule has 0 spiro atoms. The molecule has 1 aliphatic heterocycles. The highest BCUT2D eigenvalue weighted by molar-refractivity contribution is 5.89. The van der Waals surface area contributed by atoms with Crippen LogP contribution in [0, 0.1) is 0 Å². The molecule has 1 aliphatic carbocycles. The Morgan fingerprint density at radius 3 is 2.84 bits per heavy atom. The van der Waals surface area contributed by atoms with Gasteiger partial charge in [0.05, 0.1) is 0 Å². The quantitative estimate of drug-likeness (QED) is 0.535. The fourth-order valence-electron chi connectivity index (χ4n) is 3.77. The zero-order valence-electron chi connectivity index (χ0n) is 15.0. The van der Waals surface area contributed by atoms with E-state index < -0.39 is 5.91 Å². The number of nitrogens with two attached hydrogens (primary N) is 1. The molecule has 1 amide bonds. The molecule has 0 aromatic carbocycles. The van der Waals surface area contributed by atoms with Gasteiger partial charge in [-0.1, -0.05) is 12.8 Å². The molecule has 7 heteroatoms. The third kappa shape index (κ3) is 4.75. The number of likely N-dealkylation sites (tertiary alicyclic amines) is 1. The lowest BCUT2D eigenvalue weighted by atomic mass is 10.2. The molecule has 25 heavy (non-hydrogen) atoms. The molecule has 2 fully saturated rings. The van der Waals surface area contributed by atoms with E-state index in [0.717, 1.165) is 31.5 Å². The smallest absolute Gasteiger partial charge is 0.284 e. The van der Waals surface area contributed by atoms with E-state index in [-0.39, 0.29) is 5.76 Å². The first kappa shape index (κ1) is 17.8. The van der Waals surface area contributed by atoms with Gasteiger partial charge in [0.25, 0.3) is 5.91 Å². The van der Waals surface area contributed by atoms with Crippen LogP contribution in [0.3, 0.4) is 0 Å². The summed E-state index contributed by atoms with van der Waals surface area (Å²) >= 11 is 0. The average Bonchev–Trinajstić information content (AvgIpc) is 3.33. The maximum absolute atomic E-state index is 11.1. The average molecular weight is 347 g/mol. The van der Waals surface area contributed by atoms with Crippen LogP contribution in [0.4, 0.5) is 0 Å². The van der Waals surface area contributed by atoms with Crippen LogP contribution in [0.5, 0.6) is 0 Å². The van der Waals surface area contributed by atoms with Gasteiger partial charge in [-0.2, -0.15) is 0 Å². The van der Waals surface area contributed by atoms with Crippen molar-refractivity contribution < 1.29 is 9.21 Å². The van der Waals surface area contributed by atoms with Gasteiger partial charge in [0.15, 0.2) is 11.7 Å². The fraction of sp³-hybridized carbons (Fsp3) is 0.667. The first-order chi connectivity index (χ1) is 12.2. The summed E-state index contributed by atoms with van der Waals surface area (Å²) in [6.07, 6.45) is 6.59. The maximum atomic E-state index is 11.1. The van der Waals surface area contributed by atoms with Crippen molar-refractivity contribution in [3.05, 3.63) is 23.7 Å². The monoisotopic (exact) mass is 347 g/mol. The van der Waals surface area contributed by atoms with Crippen molar-refractivity contribution >= 4 is 11.9 Å². The number of carbonyl (C=O) groups is 1. The summed E-state index contributed by atoms with van der Waals surface area (Å²) < 4.78 is 5.38. The van der Waals surface area contributed by atoms with E-state index in [9.17, 15) is 4.79 Å². The number of guanidine groups is 1. The lowest BCUT2D eigenvalue weighted by Gasteiger charge is -2.24. The number of nitrogens with one attached hydrogen (secondary N) is 2. The third-order valence-electron chi connectivity index (χ3n) is 5.04.